The third kappa shape index (κ3) is 3.18. The van der Waals surface area contributed by atoms with Crippen LogP contribution in [0.3, 0.4) is 0 Å². The molecule has 0 aliphatic carbocycles. The molecule has 0 saturated heterocycles. The third-order valence-electron chi connectivity index (χ3n) is 2.17. The van der Waals surface area contributed by atoms with Gasteiger partial charge in [0.05, 0.1) is 11.1 Å². The lowest BCUT2D eigenvalue weighted by atomic mass is 10.3. The molecule has 0 bridgehead atoms. The molecule has 0 radical (unpaired) electrons. The summed E-state index contributed by atoms with van der Waals surface area (Å²) in [5.74, 6) is 0.676. The van der Waals surface area contributed by atoms with Crippen molar-refractivity contribution in [1.82, 2.24) is 9.97 Å². The number of aryl methyl sites for hydroxylation is 1. The van der Waals surface area contributed by atoms with Crippen molar-refractivity contribution in [2.24, 2.45) is 0 Å². The highest BCUT2D eigenvalue weighted by atomic mass is 79.9. The minimum Gasteiger partial charge on any atom is -0.360 e. The van der Waals surface area contributed by atoms with Crippen LogP contribution in [0.15, 0.2) is 22.1 Å². The predicted molar refractivity (Wildman–Crippen MR) is 75.8 cm³/mol. The lowest BCUT2D eigenvalue weighted by molar-refractivity contribution is 0.855. The Kier molecular flexibility index (Phi) is 4.01. The molecule has 1 unspecified atom stereocenters. The fourth-order valence-corrected chi connectivity index (χ4v) is 2.85. The number of rotatable bonds is 3. The summed E-state index contributed by atoms with van der Waals surface area (Å²) in [7, 11) is 0. The fourth-order valence-electron chi connectivity index (χ4n) is 1.36. The second-order valence-electron chi connectivity index (χ2n) is 3.68. The van der Waals surface area contributed by atoms with Gasteiger partial charge in [0.15, 0.2) is 0 Å². The Hall–Kier alpha value is -0.650. The summed E-state index contributed by atoms with van der Waals surface area (Å²) in [5, 5.41) is 6.91. The van der Waals surface area contributed by atoms with E-state index in [1.165, 1.54) is 0 Å². The maximum atomic E-state index is 6.09. The molecule has 0 spiro atoms. The topological polar surface area (TPSA) is 37.8 Å². The van der Waals surface area contributed by atoms with Crippen molar-refractivity contribution in [2.75, 3.05) is 5.32 Å². The Labute approximate surface area is 117 Å². The Morgan fingerprint density at radius 1 is 1.53 bits per heavy atom. The Morgan fingerprint density at radius 2 is 2.29 bits per heavy atom. The van der Waals surface area contributed by atoms with E-state index in [9.17, 15) is 0 Å². The molecule has 2 heterocycles. The number of nitrogens with one attached hydrogen (secondary N) is 1. The zero-order valence-corrected chi connectivity index (χ0v) is 12.5. The number of pyridine rings is 1. The van der Waals surface area contributed by atoms with Crippen LogP contribution >= 0.6 is 38.9 Å². The van der Waals surface area contributed by atoms with Crippen molar-refractivity contribution in [1.29, 1.82) is 0 Å². The number of hydrogen-bond donors (Lipinski definition) is 1. The lowest BCUT2D eigenvalue weighted by Crippen LogP contribution is -2.08. The third-order valence-corrected chi connectivity index (χ3v) is 4.04. The lowest BCUT2D eigenvalue weighted by Gasteiger charge is -2.13. The highest BCUT2D eigenvalue weighted by molar-refractivity contribution is 9.10. The monoisotopic (exact) mass is 331 g/mol. The molecule has 17 heavy (non-hydrogen) atoms. The maximum absolute atomic E-state index is 6.09. The zero-order valence-electron chi connectivity index (χ0n) is 9.37. The maximum Gasteiger partial charge on any atom is 0.145 e. The zero-order chi connectivity index (χ0) is 12.4. The molecule has 2 aromatic heterocycles. The van der Waals surface area contributed by atoms with Crippen molar-refractivity contribution in [3.63, 3.8) is 0 Å². The summed E-state index contributed by atoms with van der Waals surface area (Å²) in [6.45, 7) is 4.02. The molecule has 0 saturated carbocycles. The quantitative estimate of drug-likeness (QED) is 0.903. The van der Waals surface area contributed by atoms with Crippen LogP contribution in [-0.4, -0.2) is 9.97 Å². The summed E-state index contributed by atoms with van der Waals surface area (Å²) in [4.78, 5) is 8.67. The highest BCUT2D eigenvalue weighted by Crippen LogP contribution is 2.27. The molecule has 2 rings (SSSR count). The van der Waals surface area contributed by atoms with Gasteiger partial charge in [-0.25, -0.2) is 9.97 Å². The first-order chi connectivity index (χ1) is 8.06. The van der Waals surface area contributed by atoms with Crippen molar-refractivity contribution in [3.05, 3.63) is 37.8 Å². The minimum atomic E-state index is 0.0971. The first-order valence-corrected chi connectivity index (χ1v) is 7.11. The molecule has 2 aromatic rings. The van der Waals surface area contributed by atoms with Gasteiger partial charge in [0.1, 0.15) is 10.8 Å². The fraction of sp³-hybridized carbons (Fsp3) is 0.273. The van der Waals surface area contributed by atoms with Gasteiger partial charge in [-0.05, 0) is 35.8 Å². The molecule has 0 fully saturated rings. The second kappa shape index (κ2) is 5.33. The van der Waals surface area contributed by atoms with Crippen LogP contribution in [0, 0.1) is 6.92 Å². The minimum absolute atomic E-state index is 0.0971. The van der Waals surface area contributed by atoms with Crippen LogP contribution < -0.4 is 5.32 Å². The SMILES string of the molecule is Cc1csc(C(C)Nc2ncc(Br)cc2Cl)n1. The molecular formula is C11H11BrClN3S. The van der Waals surface area contributed by atoms with E-state index in [1.54, 1.807) is 17.5 Å². The summed E-state index contributed by atoms with van der Waals surface area (Å²) in [5.41, 5.74) is 1.04. The van der Waals surface area contributed by atoms with Crippen molar-refractivity contribution < 1.29 is 0 Å². The van der Waals surface area contributed by atoms with Crippen molar-refractivity contribution in [2.45, 2.75) is 19.9 Å². The number of halogens is 2. The van der Waals surface area contributed by atoms with Crippen molar-refractivity contribution in [3.8, 4) is 0 Å². The molecule has 90 valence electrons. The number of aromatic nitrogens is 2. The summed E-state index contributed by atoms with van der Waals surface area (Å²) in [6, 6.07) is 1.91. The van der Waals surface area contributed by atoms with Gasteiger partial charge in [-0.1, -0.05) is 11.6 Å². The van der Waals surface area contributed by atoms with Gasteiger partial charge in [-0.3, -0.25) is 0 Å². The van der Waals surface area contributed by atoms with Gasteiger partial charge < -0.3 is 5.32 Å². The highest BCUT2D eigenvalue weighted by Gasteiger charge is 2.11. The van der Waals surface area contributed by atoms with E-state index < -0.39 is 0 Å². The van der Waals surface area contributed by atoms with Crippen molar-refractivity contribution >= 4 is 44.7 Å². The second-order valence-corrected chi connectivity index (χ2v) is 5.89. The van der Waals surface area contributed by atoms with Gasteiger partial charge in [0, 0.05) is 21.7 Å². The molecule has 0 aliphatic heterocycles. The predicted octanol–water partition coefficient (Wildman–Crippen LogP) is 4.44. The standard InChI is InChI=1S/C11H11BrClN3S/c1-6-5-17-11(15-6)7(2)16-10-9(13)3-8(12)4-14-10/h3-5,7H,1-2H3,(H,14,16). The van der Waals surface area contributed by atoms with E-state index in [1.807, 2.05) is 25.3 Å². The van der Waals surface area contributed by atoms with Gasteiger partial charge in [-0.2, -0.15) is 0 Å². The molecule has 3 nitrogen and oxygen atoms in total. The summed E-state index contributed by atoms with van der Waals surface area (Å²) >= 11 is 11.1. The molecule has 0 aliphatic rings. The van der Waals surface area contributed by atoms with E-state index >= 15 is 0 Å². The molecule has 0 amide bonds. The van der Waals surface area contributed by atoms with Crippen LogP contribution in [0.2, 0.25) is 5.02 Å². The molecule has 6 heteroatoms. The van der Waals surface area contributed by atoms with Crippen LogP contribution in [0.4, 0.5) is 5.82 Å². The number of anilines is 1. The van der Waals surface area contributed by atoms with E-state index in [4.69, 9.17) is 11.6 Å². The van der Waals surface area contributed by atoms with Gasteiger partial charge in [0.25, 0.3) is 0 Å². The first kappa shape index (κ1) is 12.8. The summed E-state index contributed by atoms with van der Waals surface area (Å²) in [6.07, 6.45) is 1.72. The average Bonchev–Trinajstić information content (AvgIpc) is 2.69. The number of nitrogens with zero attached hydrogens (tertiary/aromatic N) is 2. The van der Waals surface area contributed by atoms with E-state index in [2.05, 4.69) is 31.2 Å². The Morgan fingerprint density at radius 3 is 2.88 bits per heavy atom. The number of hydrogen-bond acceptors (Lipinski definition) is 4. The van der Waals surface area contributed by atoms with Crippen LogP contribution in [0.1, 0.15) is 23.7 Å². The van der Waals surface area contributed by atoms with Gasteiger partial charge in [0.2, 0.25) is 0 Å². The Bertz CT molecular complexity index is 529. The largest absolute Gasteiger partial charge is 0.360 e. The molecule has 1 atom stereocenters. The molecular weight excluding hydrogens is 322 g/mol. The van der Waals surface area contributed by atoms with Crippen LogP contribution in [-0.2, 0) is 0 Å². The molecule has 1 N–H and O–H groups in total. The van der Waals surface area contributed by atoms with E-state index in [0.29, 0.717) is 10.8 Å². The van der Waals surface area contributed by atoms with E-state index in [0.717, 1.165) is 15.2 Å². The Balaban J connectivity index is 2.15. The van der Waals surface area contributed by atoms with Gasteiger partial charge in [-0.15, -0.1) is 11.3 Å². The summed E-state index contributed by atoms with van der Waals surface area (Å²) < 4.78 is 0.866. The normalized spacial score (nSPS) is 12.5. The number of thiazole rings is 1. The smallest absolute Gasteiger partial charge is 0.145 e. The first-order valence-electron chi connectivity index (χ1n) is 5.06. The van der Waals surface area contributed by atoms with E-state index in [-0.39, 0.29) is 6.04 Å². The van der Waals surface area contributed by atoms with Crippen LogP contribution in [0.25, 0.3) is 0 Å². The average molecular weight is 333 g/mol. The van der Waals surface area contributed by atoms with Gasteiger partial charge >= 0.3 is 0 Å². The van der Waals surface area contributed by atoms with Crippen LogP contribution in [0.5, 0.6) is 0 Å². The molecule has 0 aromatic carbocycles.